The number of hydrogen-bond donors (Lipinski definition) is 0. The number of carbonyl (C=O) groups excluding carboxylic acids is 2. The van der Waals surface area contributed by atoms with Crippen LogP contribution < -0.4 is 0 Å². The highest BCUT2D eigenvalue weighted by atomic mass is 32.1. The third-order valence-electron chi connectivity index (χ3n) is 2.96. The van der Waals surface area contributed by atoms with E-state index < -0.39 is 0 Å². The Morgan fingerprint density at radius 1 is 1.19 bits per heavy atom. The molecule has 2 aromatic heterocycles. The molecule has 0 fully saturated rings. The van der Waals surface area contributed by atoms with Crippen LogP contribution in [0.4, 0.5) is 0 Å². The van der Waals surface area contributed by atoms with Gasteiger partial charge in [0.05, 0.1) is 5.01 Å². The van der Waals surface area contributed by atoms with Crippen molar-refractivity contribution in [2.24, 2.45) is 5.92 Å². The molecule has 4 nitrogen and oxygen atoms in total. The molecule has 21 heavy (non-hydrogen) atoms. The Bertz CT molecular complexity index is 621. The molecule has 0 N–H and O–H groups in total. The first kappa shape index (κ1) is 15.5. The van der Waals surface area contributed by atoms with Crippen LogP contribution in [0.5, 0.6) is 0 Å². The lowest BCUT2D eigenvalue weighted by molar-refractivity contribution is 0.0962. The molecule has 0 radical (unpaired) electrons. The molecular formula is C16H18N2O2S. The second-order valence-electron chi connectivity index (χ2n) is 5.28. The Balaban J connectivity index is 2.02. The van der Waals surface area contributed by atoms with Gasteiger partial charge in [-0.05, 0) is 18.1 Å². The number of Topliss-reactive ketones (excluding diaryl/α,β-unsaturated/α-hetero) is 2. The Kier molecular flexibility index (Phi) is 5.33. The van der Waals surface area contributed by atoms with Crippen LogP contribution in [0.15, 0.2) is 29.8 Å². The number of hydrogen-bond acceptors (Lipinski definition) is 5. The van der Waals surface area contributed by atoms with Crippen LogP contribution in [0.25, 0.3) is 0 Å². The molecular weight excluding hydrogens is 284 g/mol. The van der Waals surface area contributed by atoms with E-state index in [9.17, 15) is 9.59 Å². The number of aryl methyl sites for hydroxylation is 1. The van der Waals surface area contributed by atoms with Crippen LogP contribution in [0.3, 0.4) is 0 Å². The zero-order valence-electron chi connectivity index (χ0n) is 12.2. The maximum atomic E-state index is 12.1. The van der Waals surface area contributed by atoms with Gasteiger partial charge in [0.25, 0.3) is 0 Å². The molecule has 2 rings (SSSR count). The average Bonchev–Trinajstić information content (AvgIpc) is 2.97. The largest absolute Gasteiger partial charge is 0.292 e. The molecule has 0 bridgehead atoms. The number of rotatable bonds is 7. The molecule has 0 spiro atoms. The summed E-state index contributed by atoms with van der Waals surface area (Å²) in [5.74, 6) is 0.215. The summed E-state index contributed by atoms with van der Waals surface area (Å²) >= 11 is 1.54. The Labute approximate surface area is 128 Å². The molecule has 2 aromatic rings. The monoisotopic (exact) mass is 302 g/mol. The van der Waals surface area contributed by atoms with E-state index >= 15 is 0 Å². The molecule has 0 aromatic carbocycles. The van der Waals surface area contributed by atoms with Crippen molar-refractivity contribution in [3.05, 3.63) is 46.2 Å². The first-order valence-electron chi connectivity index (χ1n) is 6.98. The quantitative estimate of drug-likeness (QED) is 0.733. The lowest BCUT2D eigenvalue weighted by Gasteiger charge is -2.05. The summed E-state index contributed by atoms with van der Waals surface area (Å²) in [6, 6.07) is 5.05. The van der Waals surface area contributed by atoms with Crippen molar-refractivity contribution >= 4 is 22.9 Å². The molecule has 0 saturated carbocycles. The van der Waals surface area contributed by atoms with Crippen molar-refractivity contribution in [1.82, 2.24) is 9.97 Å². The van der Waals surface area contributed by atoms with E-state index in [1.807, 2.05) is 19.2 Å². The second kappa shape index (κ2) is 7.22. The van der Waals surface area contributed by atoms with Crippen LogP contribution in [0.1, 0.15) is 52.7 Å². The van der Waals surface area contributed by atoms with Gasteiger partial charge in [0.15, 0.2) is 11.6 Å². The Morgan fingerprint density at radius 2 is 1.90 bits per heavy atom. The van der Waals surface area contributed by atoms with Crippen LogP contribution in [0, 0.1) is 5.92 Å². The number of carbonyl (C=O) groups is 2. The SMILES string of the molecule is CC(C)CC(=O)c1cccc(C(=O)CCc2nccs2)n1. The number of aromatic nitrogens is 2. The molecule has 5 heteroatoms. The highest BCUT2D eigenvalue weighted by Crippen LogP contribution is 2.12. The summed E-state index contributed by atoms with van der Waals surface area (Å²) in [6.07, 6.45) is 3.16. The molecule has 0 amide bonds. The Hall–Kier alpha value is -1.88. The fraction of sp³-hybridized carbons (Fsp3) is 0.375. The second-order valence-corrected chi connectivity index (χ2v) is 6.26. The highest BCUT2D eigenvalue weighted by Gasteiger charge is 2.13. The minimum Gasteiger partial charge on any atom is -0.292 e. The lowest BCUT2D eigenvalue weighted by atomic mass is 10.0. The topological polar surface area (TPSA) is 59.9 Å². The van der Waals surface area contributed by atoms with Crippen molar-refractivity contribution in [3.8, 4) is 0 Å². The zero-order chi connectivity index (χ0) is 15.2. The van der Waals surface area contributed by atoms with Gasteiger partial charge in [0, 0.05) is 30.8 Å². The predicted octanol–water partition coefficient (Wildman–Crippen LogP) is 3.58. The van der Waals surface area contributed by atoms with Gasteiger partial charge in [-0.1, -0.05) is 19.9 Å². The fourth-order valence-electron chi connectivity index (χ4n) is 1.95. The number of ketones is 2. The van der Waals surface area contributed by atoms with Crippen molar-refractivity contribution < 1.29 is 9.59 Å². The van der Waals surface area contributed by atoms with E-state index in [0.717, 1.165) is 5.01 Å². The van der Waals surface area contributed by atoms with Gasteiger partial charge in [-0.2, -0.15) is 0 Å². The van der Waals surface area contributed by atoms with Gasteiger partial charge in [-0.25, -0.2) is 9.97 Å². The zero-order valence-corrected chi connectivity index (χ0v) is 13.0. The number of nitrogens with zero attached hydrogens (tertiary/aromatic N) is 2. The van der Waals surface area contributed by atoms with E-state index in [-0.39, 0.29) is 17.5 Å². The smallest absolute Gasteiger partial charge is 0.181 e. The summed E-state index contributed by atoms with van der Waals surface area (Å²) in [5, 5.41) is 2.83. The first-order chi connectivity index (χ1) is 10.1. The standard InChI is InChI=1S/C16H18N2O2S/c1-11(2)10-15(20)13-5-3-4-12(18-13)14(19)6-7-16-17-8-9-21-16/h3-5,8-9,11H,6-7,10H2,1-2H3. The average molecular weight is 302 g/mol. The van der Waals surface area contributed by atoms with Gasteiger partial charge in [-0.15, -0.1) is 11.3 Å². The molecule has 110 valence electrons. The van der Waals surface area contributed by atoms with Crippen molar-refractivity contribution in [1.29, 1.82) is 0 Å². The molecule has 0 aliphatic carbocycles. The normalized spacial score (nSPS) is 10.8. The van der Waals surface area contributed by atoms with E-state index in [1.165, 1.54) is 11.3 Å². The molecule has 2 heterocycles. The summed E-state index contributed by atoms with van der Waals surface area (Å²) in [4.78, 5) is 32.5. The highest BCUT2D eigenvalue weighted by molar-refractivity contribution is 7.09. The van der Waals surface area contributed by atoms with Gasteiger partial charge in [0.2, 0.25) is 0 Å². The summed E-state index contributed by atoms with van der Waals surface area (Å²) < 4.78 is 0. The number of pyridine rings is 1. The number of thiazole rings is 1. The van der Waals surface area contributed by atoms with Crippen molar-refractivity contribution in [3.63, 3.8) is 0 Å². The van der Waals surface area contributed by atoms with Crippen molar-refractivity contribution in [2.45, 2.75) is 33.1 Å². The van der Waals surface area contributed by atoms with E-state index in [1.54, 1.807) is 24.4 Å². The summed E-state index contributed by atoms with van der Waals surface area (Å²) in [7, 11) is 0. The van der Waals surface area contributed by atoms with Crippen LogP contribution in [-0.4, -0.2) is 21.5 Å². The molecule has 0 saturated heterocycles. The van der Waals surface area contributed by atoms with Gasteiger partial charge in [0.1, 0.15) is 11.4 Å². The third-order valence-corrected chi connectivity index (χ3v) is 3.80. The van der Waals surface area contributed by atoms with Gasteiger partial charge in [-0.3, -0.25) is 9.59 Å². The van der Waals surface area contributed by atoms with Crippen LogP contribution >= 0.6 is 11.3 Å². The van der Waals surface area contributed by atoms with Crippen LogP contribution in [0.2, 0.25) is 0 Å². The molecule has 0 unspecified atom stereocenters. The summed E-state index contributed by atoms with van der Waals surface area (Å²) in [6.45, 7) is 3.97. The maximum absolute atomic E-state index is 12.1. The summed E-state index contributed by atoms with van der Waals surface area (Å²) in [5.41, 5.74) is 0.741. The fourth-order valence-corrected chi connectivity index (χ4v) is 2.57. The molecule has 0 aliphatic heterocycles. The predicted molar refractivity (Wildman–Crippen MR) is 82.8 cm³/mol. The van der Waals surface area contributed by atoms with E-state index in [0.29, 0.717) is 30.7 Å². The molecule has 0 atom stereocenters. The molecule has 0 aliphatic rings. The van der Waals surface area contributed by atoms with E-state index in [2.05, 4.69) is 9.97 Å². The maximum Gasteiger partial charge on any atom is 0.181 e. The van der Waals surface area contributed by atoms with Gasteiger partial charge >= 0.3 is 0 Å². The Morgan fingerprint density at radius 3 is 2.52 bits per heavy atom. The van der Waals surface area contributed by atoms with Crippen LogP contribution in [-0.2, 0) is 6.42 Å². The first-order valence-corrected chi connectivity index (χ1v) is 7.86. The van der Waals surface area contributed by atoms with Gasteiger partial charge < -0.3 is 0 Å². The minimum absolute atomic E-state index is 0.0143. The minimum atomic E-state index is -0.0515. The lowest BCUT2D eigenvalue weighted by Crippen LogP contribution is -2.10. The van der Waals surface area contributed by atoms with Crippen molar-refractivity contribution in [2.75, 3.05) is 0 Å². The van der Waals surface area contributed by atoms with E-state index in [4.69, 9.17) is 0 Å². The third kappa shape index (κ3) is 4.56.